The van der Waals surface area contributed by atoms with Crippen molar-refractivity contribution in [1.29, 1.82) is 0 Å². The highest BCUT2D eigenvalue weighted by atomic mass is 16.5. The number of nitrogens with zero attached hydrogens (tertiary/aromatic N) is 3. The summed E-state index contributed by atoms with van der Waals surface area (Å²) in [5.74, 6) is 0.295. The topological polar surface area (TPSA) is 86.8 Å². The quantitative estimate of drug-likeness (QED) is 0.692. The van der Waals surface area contributed by atoms with Gasteiger partial charge in [0.25, 0.3) is 0 Å². The van der Waals surface area contributed by atoms with Crippen LogP contribution >= 0.6 is 0 Å². The number of anilines is 3. The molecule has 3 rings (SSSR count). The normalized spacial score (nSPS) is 13.9. The highest BCUT2D eigenvalue weighted by Gasteiger charge is 2.12. The molecule has 0 aliphatic carbocycles. The number of carbonyl (C=O) groups excluding carboxylic acids is 2. The Balaban J connectivity index is 1.38. The van der Waals surface area contributed by atoms with Crippen LogP contribution in [0.1, 0.15) is 12.0 Å². The first-order valence-electron chi connectivity index (χ1n) is 10.1. The molecule has 1 aliphatic rings. The third-order valence-electron chi connectivity index (χ3n) is 4.84. The molecule has 1 aromatic carbocycles. The van der Waals surface area contributed by atoms with Crippen molar-refractivity contribution >= 4 is 29.0 Å². The largest absolute Gasteiger partial charge is 0.378 e. The van der Waals surface area contributed by atoms with E-state index >= 15 is 0 Å². The van der Waals surface area contributed by atoms with Crippen molar-refractivity contribution in [1.82, 2.24) is 9.88 Å². The van der Waals surface area contributed by atoms with Gasteiger partial charge in [-0.1, -0.05) is 0 Å². The molecule has 0 bridgehead atoms. The Labute approximate surface area is 177 Å². The predicted octanol–water partition coefficient (Wildman–Crippen LogP) is 2.13. The summed E-state index contributed by atoms with van der Waals surface area (Å²) in [5, 5.41) is 5.68. The van der Waals surface area contributed by atoms with E-state index in [0.717, 1.165) is 43.2 Å². The average Bonchev–Trinajstić information content (AvgIpc) is 2.73. The summed E-state index contributed by atoms with van der Waals surface area (Å²) in [6.07, 6.45) is 1.96. The molecule has 160 valence electrons. The van der Waals surface area contributed by atoms with Crippen LogP contribution in [-0.2, 0) is 14.3 Å². The Morgan fingerprint density at radius 2 is 1.83 bits per heavy atom. The number of benzene rings is 1. The molecule has 0 saturated carbocycles. The van der Waals surface area contributed by atoms with E-state index in [1.165, 1.54) is 0 Å². The molecule has 1 fully saturated rings. The molecule has 0 unspecified atom stereocenters. The first-order valence-corrected chi connectivity index (χ1v) is 10.1. The van der Waals surface area contributed by atoms with Crippen molar-refractivity contribution < 1.29 is 14.3 Å². The van der Waals surface area contributed by atoms with Crippen molar-refractivity contribution in [2.75, 3.05) is 62.0 Å². The zero-order valence-corrected chi connectivity index (χ0v) is 17.6. The molecule has 0 spiro atoms. The Kier molecular flexibility index (Phi) is 7.75. The number of pyridine rings is 1. The summed E-state index contributed by atoms with van der Waals surface area (Å²) in [6.45, 7) is 5.86. The van der Waals surface area contributed by atoms with E-state index in [1.807, 2.05) is 55.3 Å². The second kappa shape index (κ2) is 10.7. The molecular weight excluding hydrogens is 382 g/mol. The van der Waals surface area contributed by atoms with Crippen LogP contribution in [-0.4, -0.2) is 68.1 Å². The van der Waals surface area contributed by atoms with Gasteiger partial charge in [0.05, 0.1) is 19.8 Å². The van der Waals surface area contributed by atoms with Crippen molar-refractivity contribution in [3.63, 3.8) is 0 Å². The number of likely N-dealkylation sites (N-methyl/N-ethyl adjacent to an activating group) is 1. The lowest BCUT2D eigenvalue weighted by atomic mass is 10.2. The van der Waals surface area contributed by atoms with Crippen LogP contribution in [0.4, 0.5) is 17.2 Å². The maximum atomic E-state index is 12.2. The molecular formula is C22H29N5O3. The summed E-state index contributed by atoms with van der Waals surface area (Å²) < 4.78 is 5.37. The third kappa shape index (κ3) is 6.82. The lowest BCUT2D eigenvalue weighted by molar-refractivity contribution is -0.119. The second-order valence-electron chi connectivity index (χ2n) is 7.45. The number of morpholine rings is 1. The fourth-order valence-electron chi connectivity index (χ4n) is 3.20. The molecule has 8 nitrogen and oxygen atoms in total. The monoisotopic (exact) mass is 411 g/mol. The summed E-state index contributed by atoms with van der Waals surface area (Å²) >= 11 is 0. The van der Waals surface area contributed by atoms with E-state index < -0.39 is 0 Å². The number of hydrogen-bond donors (Lipinski definition) is 2. The minimum atomic E-state index is -0.158. The van der Waals surface area contributed by atoms with E-state index in [9.17, 15) is 9.59 Å². The summed E-state index contributed by atoms with van der Waals surface area (Å²) in [5.41, 5.74) is 2.93. The van der Waals surface area contributed by atoms with E-state index in [-0.39, 0.29) is 18.4 Å². The smallest absolute Gasteiger partial charge is 0.239 e. The van der Waals surface area contributed by atoms with Gasteiger partial charge in [0.1, 0.15) is 5.82 Å². The number of ether oxygens (including phenoxy) is 1. The van der Waals surface area contributed by atoms with Crippen LogP contribution < -0.4 is 15.5 Å². The Morgan fingerprint density at radius 3 is 2.53 bits per heavy atom. The molecule has 30 heavy (non-hydrogen) atoms. The Bertz CT molecular complexity index is 850. The molecule has 2 heterocycles. The zero-order chi connectivity index (χ0) is 21.3. The number of aryl methyl sites for hydroxylation is 1. The first-order chi connectivity index (χ1) is 14.5. The first kappa shape index (κ1) is 21.7. The summed E-state index contributed by atoms with van der Waals surface area (Å²) in [4.78, 5) is 32.6. The number of hydrogen-bond acceptors (Lipinski definition) is 6. The van der Waals surface area contributed by atoms with Crippen LogP contribution in [0.15, 0.2) is 42.6 Å². The van der Waals surface area contributed by atoms with Crippen molar-refractivity contribution in [2.45, 2.75) is 13.3 Å². The average molecular weight is 412 g/mol. The molecule has 1 aromatic heterocycles. The van der Waals surface area contributed by atoms with Crippen molar-refractivity contribution in [2.24, 2.45) is 0 Å². The third-order valence-corrected chi connectivity index (χ3v) is 4.84. The maximum Gasteiger partial charge on any atom is 0.239 e. The number of aromatic nitrogens is 1. The SMILES string of the molecule is Cc1ccnc(NC(=O)CN(C)CCC(=O)Nc2ccc(N3CCOCC3)cc2)c1. The Hall–Kier alpha value is -2.97. The summed E-state index contributed by atoms with van der Waals surface area (Å²) in [6, 6.07) is 11.5. The molecule has 0 radical (unpaired) electrons. The van der Waals surface area contributed by atoms with Gasteiger partial charge in [-0.15, -0.1) is 0 Å². The molecule has 1 aliphatic heterocycles. The van der Waals surface area contributed by atoms with Gasteiger partial charge < -0.3 is 20.3 Å². The summed E-state index contributed by atoms with van der Waals surface area (Å²) in [7, 11) is 1.81. The van der Waals surface area contributed by atoms with Crippen LogP contribution in [0.3, 0.4) is 0 Å². The second-order valence-corrected chi connectivity index (χ2v) is 7.45. The van der Waals surface area contributed by atoms with Gasteiger partial charge in [-0.25, -0.2) is 4.98 Å². The van der Waals surface area contributed by atoms with E-state index in [1.54, 1.807) is 6.20 Å². The highest BCUT2D eigenvalue weighted by Crippen LogP contribution is 2.19. The van der Waals surface area contributed by atoms with E-state index in [2.05, 4.69) is 20.5 Å². The fourth-order valence-corrected chi connectivity index (χ4v) is 3.20. The van der Waals surface area contributed by atoms with Crippen LogP contribution in [0.2, 0.25) is 0 Å². The van der Waals surface area contributed by atoms with Crippen molar-refractivity contribution in [3.05, 3.63) is 48.2 Å². The van der Waals surface area contributed by atoms with Gasteiger partial charge in [0, 0.05) is 43.6 Å². The number of amides is 2. The van der Waals surface area contributed by atoms with Gasteiger partial charge in [-0.05, 0) is 55.9 Å². The fraction of sp³-hybridized carbons (Fsp3) is 0.409. The molecule has 8 heteroatoms. The predicted molar refractivity (Wildman–Crippen MR) is 118 cm³/mol. The van der Waals surface area contributed by atoms with Crippen LogP contribution in [0.25, 0.3) is 0 Å². The number of rotatable bonds is 8. The minimum Gasteiger partial charge on any atom is -0.378 e. The lowest BCUT2D eigenvalue weighted by Crippen LogP contribution is -2.36. The van der Waals surface area contributed by atoms with E-state index in [0.29, 0.717) is 18.8 Å². The minimum absolute atomic E-state index is 0.0817. The molecule has 2 aromatic rings. The van der Waals surface area contributed by atoms with Crippen molar-refractivity contribution in [3.8, 4) is 0 Å². The van der Waals surface area contributed by atoms with Gasteiger partial charge in [-0.3, -0.25) is 14.5 Å². The van der Waals surface area contributed by atoms with Crippen LogP contribution in [0, 0.1) is 6.92 Å². The van der Waals surface area contributed by atoms with Gasteiger partial charge in [0.15, 0.2) is 0 Å². The number of carbonyl (C=O) groups is 2. The molecule has 2 amide bonds. The van der Waals surface area contributed by atoms with Gasteiger partial charge in [0.2, 0.25) is 11.8 Å². The zero-order valence-electron chi connectivity index (χ0n) is 17.6. The van der Waals surface area contributed by atoms with E-state index in [4.69, 9.17) is 4.74 Å². The lowest BCUT2D eigenvalue weighted by Gasteiger charge is -2.28. The standard InChI is InChI=1S/C22H29N5O3/c1-17-7-9-23-20(15-17)25-22(29)16-26(2)10-8-21(28)24-18-3-5-19(6-4-18)27-11-13-30-14-12-27/h3-7,9,15H,8,10-14,16H2,1-2H3,(H,24,28)(H,23,25,29). The molecule has 1 saturated heterocycles. The molecule has 0 atom stereocenters. The maximum absolute atomic E-state index is 12.2. The Morgan fingerprint density at radius 1 is 1.10 bits per heavy atom. The van der Waals surface area contributed by atoms with Gasteiger partial charge in [-0.2, -0.15) is 0 Å². The van der Waals surface area contributed by atoms with Crippen LogP contribution in [0.5, 0.6) is 0 Å². The molecule has 2 N–H and O–H groups in total. The highest BCUT2D eigenvalue weighted by molar-refractivity contribution is 5.92. The van der Waals surface area contributed by atoms with Gasteiger partial charge >= 0.3 is 0 Å². The number of nitrogens with one attached hydrogen (secondary N) is 2.